The van der Waals surface area contributed by atoms with E-state index in [4.69, 9.17) is 5.73 Å². The van der Waals surface area contributed by atoms with Crippen molar-refractivity contribution in [1.29, 1.82) is 0 Å². The summed E-state index contributed by atoms with van der Waals surface area (Å²) in [4.78, 5) is 23.3. The third-order valence-corrected chi connectivity index (χ3v) is 2.96. The average Bonchev–Trinajstić information content (AvgIpc) is 2.42. The fourth-order valence-corrected chi connectivity index (χ4v) is 1.91. The number of carbonyl (C=O) groups is 2. The first-order chi connectivity index (χ1) is 10.3. The van der Waals surface area contributed by atoms with Crippen LogP contribution in [0.2, 0.25) is 0 Å². The Hall–Kier alpha value is -2.02. The molecule has 0 aliphatic rings. The lowest BCUT2D eigenvalue weighted by Crippen LogP contribution is -2.44. The molecule has 0 aliphatic carbocycles. The van der Waals surface area contributed by atoms with Crippen LogP contribution < -0.4 is 16.4 Å². The molecule has 1 aromatic carbocycles. The van der Waals surface area contributed by atoms with Crippen molar-refractivity contribution in [2.75, 3.05) is 13.1 Å². The fourth-order valence-electron chi connectivity index (χ4n) is 1.91. The van der Waals surface area contributed by atoms with E-state index in [1.165, 1.54) is 6.07 Å². The number of hydrogen-bond donors (Lipinski definition) is 3. The first-order valence-corrected chi connectivity index (χ1v) is 7.08. The van der Waals surface area contributed by atoms with Gasteiger partial charge in [-0.05, 0) is 24.5 Å². The molecule has 0 bridgehead atoms. The molecule has 122 valence electrons. The summed E-state index contributed by atoms with van der Waals surface area (Å²) in [5, 5.41) is 4.90. The quantitative estimate of drug-likeness (QED) is 0.661. The van der Waals surface area contributed by atoms with Crippen molar-refractivity contribution in [2.24, 2.45) is 11.7 Å². The molecule has 1 atom stereocenters. The maximum absolute atomic E-state index is 13.4. The molecule has 0 aliphatic heterocycles. The highest BCUT2D eigenvalue weighted by molar-refractivity contribution is 5.94. The summed E-state index contributed by atoms with van der Waals surface area (Å²) in [7, 11) is 0. The third-order valence-electron chi connectivity index (χ3n) is 2.96. The Bertz CT molecular complexity index is 515. The van der Waals surface area contributed by atoms with Crippen LogP contribution in [0.4, 0.5) is 8.78 Å². The van der Waals surface area contributed by atoms with E-state index in [0.717, 1.165) is 12.1 Å². The summed E-state index contributed by atoms with van der Waals surface area (Å²) >= 11 is 0. The highest BCUT2D eigenvalue weighted by Crippen LogP contribution is 2.11. The Morgan fingerprint density at radius 2 is 1.68 bits per heavy atom. The second kappa shape index (κ2) is 8.43. The normalized spacial score (nSPS) is 12.1. The van der Waals surface area contributed by atoms with Crippen molar-refractivity contribution in [3.63, 3.8) is 0 Å². The van der Waals surface area contributed by atoms with Crippen molar-refractivity contribution >= 4 is 11.8 Å². The largest absolute Gasteiger partial charge is 0.353 e. The van der Waals surface area contributed by atoms with Gasteiger partial charge < -0.3 is 16.4 Å². The zero-order chi connectivity index (χ0) is 16.7. The molecule has 0 saturated carbocycles. The van der Waals surface area contributed by atoms with Gasteiger partial charge in [-0.1, -0.05) is 19.9 Å². The molecule has 22 heavy (non-hydrogen) atoms. The molecule has 2 amide bonds. The Morgan fingerprint density at radius 1 is 1.14 bits per heavy atom. The van der Waals surface area contributed by atoms with Gasteiger partial charge in [0.2, 0.25) is 5.91 Å². The second-order valence-corrected chi connectivity index (χ2v) is 5.38. The van der Waals surface area contributed by atoms with Gasteiger partial charge in [0, 0.05) is 13.1 Å². The topological polar surface area (TPSA) is 84.2 Å². The molecule has 1 aromatic rings. The third kappa shape index (κ3) is 5.40. The van der Waals surface area contributed by atoms with E-state index in [-0.39, 0.29) is 19.0 Å². The maximum Gasteiger partial charge on any atom is 0.257 e. The van der Waals surface area contributed by atoms with Gasteiger partial charge in [0.05, 0.1) is 6.04 Å². The first kappa shape index (κ1) is 18.0. The van der Waals surface area contributed by atoms with Crippen LogP contribution in [-0.2, 0) is 4.79 Å². The minimum atomic E-state index is -0.930. The molecule has 0 saturated heterocycles. The number of nitrogens with two attached hydrogens (primary N) is 1. The summed E-state index contributed by atoms with van der Waals surface area (Å²) in [6.07, 6.45) is 0.554. The van der Waals surface area contributed by atoms with Crippen LogP contribution in [0, 0.1) is 17.6 Å². The number of carbonyl (C=O) groups excluding carboxylic acids is 2. The number of hydrogen-bond acceptors (Lipinski definition) is 3. The molecule has 0 spiro atoms. The predicted octanol–water partition coefficient (Wildman–Crippen LogP) is 1.18. The SMILES string of the molecule is CC(C)C[C@H](N)C(=O)NCCNC(=O)c1c(F)cccc1F. The summed E-state index contributed by atoms with van der Waals surface area (Å²) in [5.74, 6) is -2.75. The van der Waals surface area contributed by atoms with Crippen molar-refractivity contribution < 1.29 is 18.4 Å². The van der Waals surface area contributed by atoms with E-state index >= 15 is 0 Å². The van der Waals surface area contributed by atoms with Gasteiger partial charge in [0.25, 0.3) is 5.91 Å². The molecule has 1 rings (SSSR count). The minimum Gasteiger partial charge on any atom is -0.353 e. The molecule has 0 radical (unpaired) electrons. The highest BCUT2D eigenvalue weighted by atomic mass is 19.1. The van der Waals surface area contributed by atoms with E-state index in [1.807, 2.05) is 13.8 Å². The smallest absolute Gasteiger partial charge is 0.257 e. The van der Waals surface area contributed by atoms with E-state index < -0.39 is 29.1 Å². The Kier molecular flexibility index (Phi) is 6.91. The second-order valence-electron chi connectivity index (χ2n) is 5.38. The molecule has 5 nitrogen and oxygen atoms in total. The zero-order valence-corrected chi connectivity index (χ0v) is 12.7. The van der Waals surface area contributed by atoms with Gasteiger partial charge in [0.1, 0.15) is 17.2 Å². The van der Waals surface area contributed by atoms with Gasteiger partial charge in [-0.3, -0.25) is 9.59 Å². The molecular weight excluding hydrogens is 292 g/mol. The van der Waals surface area contributed by atoms with Crippen molar-refractivity contribution in [2.45, 2.75) is 26.3 Å². The predicted molar refractivity (Wildman–Crippen MR) is 79.1 cm³/mol. The molecule has 0 heterocycles. The molecule has 0 fully saturated rings. The van der Waals surface area contributed by atoms with Crippen molar-refractivity contribution in [3.8, 4) is 0 Å². The lowest BCUT2D eigenvalue weighted by molar-refractivity contribution is -0.122. The first-order valence-electron chi connectivity index (χ1n) is 7.08. The summed E-state index contributed by atoms with van der Waals surface area (Å²) in [6, 6.07) is 2.58. The standard InChI is InChI=1S/C15H21F2N3O2/c1-9(2)8-12(18)14(21)19-6-7-20-15(22)13-10(16)4-3-5-11(13)17/h3-5,9,12H,6-8,18H2,1-2H3,(H,19,21)(H,20,22)/t12-/m0/s1. The maximum atomic E-state index is 13.4. The molecule has 4 N–H and O–H groups in total. The average molecular weight is 313 g/mol. The summed E-state index contributed by atoms with van der Waals surface area (Å²) in [5.41, 5.74) is 5.06. The number of nitrogens with one attached hydrogen (secondary N) is 2. The molecular formula is C15H21F2N3O2. The van der Waals surface area contributed by atoms with Gasteiger partial charge >= 0.3 is 0 Å². The van der Waals surface area contributed by atoms with Gasteiger partial charge in [0.15, 0.2) is 0 Å². The van der Waals surface area contributed by atoms with E-state index in [1.54, 1.807) is 0 Å². The number of amides is 2. The summed E-state index contributed by atoms with van der Waals surface area (Å²) < 4.78 is 26.8. The van der Waals surface area contributed by atoms with E-state index in [0.29, 0.717) is 12.3 Å². The van der Waals surface area contributed by atoms with Gasteiger partial charge in [-0.2, -0.15) is 0 Å². The van der Waals surface area contributed by atoms with Crippen LogP contribution >= 0.6 is 0 Å². The van der Waals surface area contributed by atoms with Crippen LogP contribution in [0.5, 0.6) is 0 Å². The molecule has 0 aromatic heterocycles. The van der Waals surface area contributed by atoms with Crippen LogP contribution in [0.15, 0.2) is 18.2 Å². The summed E-state index contributed by atoms with van der Waals surface area (Å²) in [6.45, 7) is 4.09. The van der Waals surface area contributed by atoms with Crippen LogP contribution in [0.1, 0.15) is 30.6 Å². The van der Waals surface area contributed by atoms with Crippen LogP contribution in [0.25, 0.3) is 0 Å². The van der Waals surface area contributed by atoms with Crippen LogP contribution in [-0.4, -0.2) is 30.9 Å². The lowest BCUT2D eigenvalue weighted by atomic mass is 10.0. The zero-order valence-electron chi connectivity index (χ0n) is 12.7. The van der Waals surface area contributed by atoms with E-state index in [9.17, 15) is 18.4 Å². The van der Waals surface area contributed by atoms with Gasteiger partial charge in [-0.25, -0.2) is 8.78 Å². The number of halogens is 2. The van der Waals surface area contributed by atoms with Crippen molar-refractivity contribution in [1.82, 2.24) is 10.6 Å². The molecule has 0 unspecified atom stereocenters. The monoisotopic (exact) mass is 313 g/mol. The highest BCUT2D eigenvalue weighted by Gasteiger charge is 2.17. The lowest BCUT2D eigenvalue weighted by Gasteiger charge is -2.14. The number of benzene rings is 1. The Morgan fingerprint density at radius 3 is 2.23 bits per heavy atom. The number of rotatable bonds is 7. The Balaban J connectivity index is 2.39. The molecule has 7 heteroatoms. The minimum absolute atomic E-state index is 0.0484. The van der Waals surface area contributed by atoms with E-state index in [2.05, 4.69) is 10.6 Å². The van der Waals surface area contributed by atoms with Crippen molar-refractivity contribution in [3.05, 3.63) is 35.4 Å². The van der Waals surface area contributed by atoms with Gasteiger partial charge in [-0.15, -0.1) is 0 Å². The van der Waals surface area contributed by atoms with Crippen LogP contribution in [0.3, 0.4) is 0 Å². The Labute approximate surface area is 128 Å². The fraction of sp³-hybridized carbons (Fsp3) is 0.467.